The van der Waals surface area contributed by atoms with E-state index in [1.54, 1.807) is 32.2 Å². The zero-order valence-electron chi connectivity index (χ0n) is 30.0. The van der Waals surface area contributed by atoms with E-state index >= 15 is 0 Å². The molecule has 0 saturated heterocycles. The Balaban J connectivity index is 0.000000236. The highest BCUT2D eigenvalue weighted by atomic mass is 32.2. The molecule has 11 nitrogen and oxygen atoms in total. The molecule has 0 N–H and O–H groups in total. The number of alkyl halides is 3. The Morgan fingerprint density at radius 2 is 1.18 bits per heavy atom. The summed E-state index contributed by atoms with van der Waals surface area (Å²) in [6, 6.07) is 15.0. The van der Waals surface area contributed by atoms with Crippen LogP contribution in [0, 0.1) is 35.8 Å². The summed E-state index contributed by atoms with van der Waals surface area (Å²) in [5.41, 5.74) is -3.01. The van der Waals surface area contributed by atoms with Crippen molar-refractivity contribution in [1.82, 2.24) is 19.1 Å². The van der Waals surface area contributed by atoms with Gasteiger partial charge in [0.2, 0.25) is 0 Å². The van der Waals surface area contributed by atoms with Crippen LogP contribution >= 0.6 is 0 Å². The molecule has 0 atom stereocenters. The number of esters is 2. The van der Waals surface area contributed by atoms with Gasteiger partial charge in [-0.15, -0.1) is 18.3 Å². The Bertz CT molecular complexity index is 2580. The molecule has 0 aliphatic heterocycles. The van der Waals surface area contributed by atoms with Crippen LogP contribution in [0.15, 0.2) is 85.5 Å². The molecule has 0 unspecified atom stereocenters. The molecule has 0 aliphatic rings. The van der Waals surface area contributed by atoms with Crippen LogP contribution in [0.3, 0.4) is 0 Å². The molecule has 0 saturated carbocycles. The Morgan fingerprint density at radius 1 is 0.750 bits per heavy atom. The molecule has 6 rings (SSSR count). The Labute approximate surface area is 317 Å². The van der Waals surface area contributed by atoms with Gasteiger partial charge in [0.25, 0.3) is 0 Å². The van der Waals surface area contributed by atoms with Crippen LogP contribution in [0.25, 0.3) is 21.8 Å². The van der Waals surface area contributed by atoms with Gasteiger partial charge in [0.1, 0.15) is 11.6 Å². The summed E-state index contributed by atoms with van der Waals surface area (Å²) in [6.45, 7) is 4.10. The first-order valence-electron chi connectivity index (χ1n) is 16.0. The highest BCUT2D eigenvalue weighted by Crippen LogP contribution is 2.35. The molecular weight excluding hydrogens is 764 g/mol. The second-order valence-electron chi connectivity index (χ2n) is 11.3. The van der Waals surface area contributed by atoms with Crippen molar-refractivity contribution in [3.63, 3.8) is 0 Å². The second-order valence-corrected chi connectivity index (χ2v) is 12.8. The number of ether oxygens (including phenoxy) is 2. The van der Waals surface area contributed by atoms with Crippen molar-refractivity contribution in [2.45, 2.75) is 32.4 Å². The zero-order valence-corrected chi connectivity index (χ0v) is 30.8. The summed E-state index contributed by atoms with van der Waals surface area (Å²) in [5.74, 6) is 4.71. The lowest BCUT2D eigenvalue weighted by Crippen LogP contribution is -2.29. The molecule has 2 aromatic carbocycles. The average Bonchev–Trinajstić information content (AvgIpc) is 3.77. The number of aromatic nitrogens is 4. The fourth-order valence-corrected chi connectivity index (χ4v) is 5.61. The second kappa shape index (κ2) is 18.1. The predicted octanol–water partition coefficient (Wildman–Crippen LogP) is 7.26. The minimum Gasteiger partial charge on any atom is -0.464 e. The lowest BCUT2D eigenvalue weighted by atomic mass is 10.1. The van der Waals surface area contributed by atoms with Gasteiger partial charge in [-0.05, 0) is 61.4 Å². The van der Waals surface area contributed by atoms with Crippen LogP contribution in [-0.4, -0.2) is 59.2 Å². The summed E-state index contributed by atoms with van der Waals surface area (Å²) in [4.78, 5) is 31.7. The van der Waals surface area contributed by atoms with Gasteiger partial charge in [0.05, 0.1) is 43.2 Å². The van der Waals surface area contributed by atoms with E-state index in [2.05, 4.69) is 43.1 Å². The van der Waals surface area contributed by atoms with Crippen LogP contribution < -0.4 is 4.18 Å². The molecule has 17 heteroatoms. The van der Waals surface area contributed by atoms with Gasteiger partial charge < -0.3 is 22.8 Å². The summed E-state index contributed by atoms with van der Waals surface area (Å²) >= 11 is 0. The number of halogens is 5. The van der Waals surface area contributed by atoms with Crippen LogP contribution in [0.1, 0.15) is 51.5 Å². The van der Waals surface area contributed by atoms with Crippen molar-refractivity contribution < 1.29 is 53.6 Å². The predicted molar refractivity (Wildman–Crippen MR) is 196 cm³/mol. The largest absolute Gasteiger partial charge is 0.534 e. The molecule has 4 heterocycles. The van der Waals surface area contributed by atoms with Gasteiger partial charge >= 0.3 is 27.6 Å². The summed E-state index contributed by atoms with van der Waals surface area (Å²) in [5, 5.41) is 0.734. The van der Waals surface area contributed by atoms with Crippen LogP contribution in [-0.2, 0) is 32.7 Å². The number of benzene rings is 2. The fourth-order valence-electron chi connectivity index (χ4n) is 5.13. The van der Waals surface area contributed by atoms with E-state index in [9.17, 15) is 40.0 Å². The van der Waals surface area contributed by atoms with Crippen LogP contribution in [0.2, 0.25) is 0 Å². The summed E-state index contributed by atoms with van der Waals surface area (Å²) in [6.07, 6.45) is 10.7. The minimum atomic E-state index is -6.06. The molecule has 0 bridgehead atoms. The lowest BCUT2D eigenvalue weighted by molar-refractivity contribution is -0.0500. The lowest BCUT2D eigenvalue weighted by Gasteiger charge is -2.13. The van der Waals surface area contributed by atoms with E-state index in [0.717, 1.165) is 29.8 Å². The number of hydrogen-bond acceptors (Lipinski definition) is 9. The number of methoxy groups -OCH3 is 2. The maximum Gasteiger partial charge on any atom is 0.534 e. The maximum absolute atomic E-state index is 13.1. The van der Waals surface area contributed by atoms with Crippen molar-refractivity contribution in [3.8, 4) is 29.9 Å². The minimum absolute atomic E-state index is 0.102. The first-order valence-corrected chi connectivity index (χ1v) is 17.4. The molecular formula is C39H31F5N4O7S. The van der Waals surface area contributed by atoms with Crippen molar-refractivity contribution in [2.24, 2.45) is 0 Å². The third-order valence-corrected chi connectivity index (χ3v) is 8.58. The number of pyridine rings is 2. The number of hydrogen-bond donors (Lipinski definition) is 0. The molecule has 290 valence electrons. The SMILES string of the molecule is C#CC.CC#Cc1c(C(=O)OC)ncc2c1ccn2Cc1ccc(F)cc1.COC(=O)c1ncc2c(ccn2Cc2ccc(F)cc2)c1OS(=O)(=O)C(F)(F)F. The molecule has 6 aromatic rings. The topological polar surface area (TPSA) is 132 Å². The molecule has 0 fully saturated rings. The van der Waals surface area contributed by atoms with Crippen molar-refractivity contribution >= 4 is 43.9 Å². The summed E-state index contributed by atoms with van der Waals surface area (Å²) in [7, 11) is -3.79. The van der Waals surface area contributed by atoms with E-state index in [0.29, 0.717) is 17.7 Å². The average molecular weight is 795 g/mol. The number of nitrogens with zero attached hydrogens (tertiary/aromatic N) is 4. The van der Waals surface area contributed by atoms with Crippen molar-refractivity contribution in [3.05, 3.63) is 125 Å². The van der Waals surface area contributed by atoms with Crippen molar-refractivity contribution in [1.29, 1.82) is 0 Å². The van der Waals surface area contributed by atoms with Gasteiger partial charge in [-0.25, -0.2) is 28.3 Å². The van der Waals surface area contributed by atoms with E-state index in [1.807, 2.05) is 16.8 Å². The van der Waals surface area contributed by atoms with Gasteiger partial charge in [-0.1, -0.05) is 30.2 Å². The highest BCUT2D eigenvalue weighted by Gasteiger charge is 2.49. The van der Waals surface area contributed by atoms with E-state index in [-0.39, 0.29) is 29.0 Å². The Hall–Kier alpha value is -6.72. The van der Waals surface area contributed by atoms with Gasteiger partial charge in [0.15, 0.2) is 17.1 Å². The molecule has 0 amide bonds. The molecule has 56 heavy (non-hydrogen) atoms. The van der Waals surface area contributed by atoms with E-state index in [1.165, 1.54) is 60.3 Å². The smallest absolute Gasteiger partial charge is 0.464 e. The molecule has 0 radical (unpaired) electrons. The van der Waals surface area contributed by atoms with Crippen LogP contribution in [0.5, 0.6) is 5.75 Å². The number of carbonyl (C=O) groups is 2. The third kappa shape index (κ3) is 9.68. The number of carbonyl (C=O) groups excluding carboxylic acids is 2. The highest BCUT2D eigenvalue weighted by molar-refractivity contribution is 7.88. The summed E-state index contributed by atoms with van der Waals surface area (Å²) < 4.78 is 104. The normalized spacial score (nSPS) is 10.9. The maximum atomic E-state index is 13.1. The van der Waals surface area contributed by atoms with E-state index in [4.69, 9.17) is 4.74 Å². The monoisotopic (exact) mass is 794 g/mol. The zero-order chi connectivity index (χ0) is 41.2. The molecule has 4 aromatic heterocycles. The third-order valence-electron chi connectivity index (χ3n) is 7.63. The Kier molecular flexibility index (Phi) is 13.6. The number of fused-ring (bicyclic) bond motifs is 2. The quantitative estimate of drug-likeness (QED) is 0.0514. The van der Waals surface area contributed by atoms with Crippen molar-refractivity contribution in [2.75, 3.05) is 14.2 Å². The molecule has 0 aliphatic carbocycles. The van der Waals surface area contributed by atoms with Gasteiger partial charge in [0, 0.05) is 36.3 Å². The first-order chi connectivity index (χ1) is 26.6. The molecule has 0 spiro atoms. The fraction of sp³-hybridized carbons (Fsp3) is 0.179. The van der Waals surface area contributed by atoms with Crippen LogP contribution in [0.4, 0.5) is 22.0 Å². The number of rotatable bonds is 8. The number of terminal acetylenes is 1. The first kappa shape index (κ1) is 42.0. The van der Waals surface area contributed by atoms with Gasteiger partial charge in [-0.2, -0.15) is 21.6 Å². The standard InChI is InChI=1S/C19H15FN2O2.C17H12F4N2O5S.C3H4/c1-3-4-16-15-9-10-22(12-13-5-7-14(20)8-6-13)17(15)11-21-18(16)19(23)24-2;1-27-16(24)14-15(28-29(25,26)17(19,20)21)12-6-7-23(13(12)8-22-14)9-10-2-4-11(18)5-3-10;1-3-2/h5-11H,12H2,1-2H3;2-8H,9H2,1H3;1H,2H3. The Morgan fingerprint density at radius 3 is 1.62 bits per heavy atom. The van der Waals surface area contributed by atoms with E-state index < -0.39 is 44.8 Å². The van der Waals surface area contributed by atoms with Gasteiger partial charge in [-0.3, -0.25) is 0 Å².